The van der Waals surface area contributed by atoms with E-state index in [1.807, 2.05) is 18.8 Å². The minimum Gasteiger partial charge on any atom is -0.381 e. The Morgan fingerprint density at radius 1 is 1.23 bits per heavy atom. The first-order valence-electron chi connectivity index (χ1n) is 8.19. The molecule has 0 aliphatic carbocycles. The van der Waals surface area contributed by atoms with E-state index >= 15 is 0 Å². The summed E-state index contributed by atoms with van der Waals surface area (Å²) in [7, 11) is 1.85. The maximum atomic E-state index is 5.48. The van der Waals surface area contributed by atoms with E-state index in [9.17, 15) is 0 Å². The van der Waals surface area contributed by atoms with Crippen LogP contribution < -0.4 is 10.6 Å². The van der Waals surface area contributed by atoms with E-state index in [2.05, 4.69) is 35.7 Å². The molecule has 4 nitrogen and oxygen atoms in total. The van der Waals surface area contributed by atoms with Gasteiger partial charge in [0.1, 0.15) is 0 Å². The first kappa shape index (κ1) is 22.3. The van der Waals surface area contributed by atoms with Crippen molar-refractivity contribution in [3.05, 3.63) is 0 Å². The van der Waals surface area contributed by atoms with Gasteiger partial charge in [-0.2, -0.15) is 11.8 Å². The highest BCUT2D eigenvalue weighted by molar-refractivity contribution is 14.0. The highest BCUT2D eigenvalue weighted by Gasteiger charge is 2.31. The molecular formula is C16H34IN3OS. The third kappa shape index (κ3) is 8.82. The zero-order valence-corrected chi connectivity index (χ0v) is 17.8. The average molecular weight is 443 g/mol. The summed E-state index contributed by atoms with van der Waals surface area (Å²) in [4.78, 5) is 4.32. The van der Waals surface area contributed by atoms with Gasteiger partial charge in [0, 0.05) is 38.1 Å². The Hall–Kier alpha value is 0.310. The second-order valence-corrected chi connectivity index (χ2v) is 7.52. The van der Waals surface area contributed by atoms with Crippen LogP contribution in [0.4, 0.5) is 0 Å². The van der Waals surface area contributed by atoms with Crippen molar-refractivity contribution in [2.45, 2.75) is 50.7 Å². The number of halogens is 1. The molecule has 0 atom stereocenters. The van der Waals surface area contributed by atoms with Crippen molar-refractivity contribution < 1.29 is 4.74 Å². The lowest BCUT2D eigenvalue weighted by atomic mass is 9.99. The quantitative estimate of drug-likeness (QED) is 0.261. The molecule has 0 aromatic rings. The van der Waals surface area contributed by atoms with Crippen LogP contribution in [-0.2, 0) is 4.74 Å². The number of aliphatic imine (C=N–C) groups is 1. The molecule has 0 aromatic carbocycles. The van der Waals surface area contributed by atoms with Crippen molar-refractivity contribution in [1.82, 2.24) is 10.6 Å². The fourth-order valence-corrected chi connectivity index (χ4v) is 3.34. The first-order chi connectivity index (χ1) is 10.1. The molecule has 22 heavy (non-hydrogen) atoms. The van der Waals surface area contributed by atoms with Gasteiger partial charge < -0.3 is 15.4 Å². The standard InChI is InChI=1S/C16H33N3OS.HI/c1-14(2)7-5-6-10-18-15(17-3)19-13-16(21-4)8-11-20-12-9-16;/h14H,5-13H2,1-4H3,(H2,17,18,19);1H. The summed E-state index contributed by atoms with van der Waals surface area (Å²) in [6, 6.07) is 0. The van der Waals surface area contributed by atoms with Gasteiger partial charge in [-0.3, -0.25) is 4.99 Å². The van der Waals surface area contributed by atoms with Crippen LogP contribution in [0.5, 0.6) is 0 Å². The Labute approximate surface area is 158 Å². The third-order valence-corrected chi connectivity index (χ3v) is 5.56. The molecular weight excluding hydrogens is 409 g/mol. The van der Waals surface area contributed by atoms with Crippen LogP contribution in [-0.4, -0.2) is 50.3 Å². The first-order valence-corrected chi connectivity index (χ1v) is 9.42. The number of nitrogens with one attached hydrogen (secondary N) is 2. The summed E-state index contributed by atoms with van der Waals surface area (Å²) in [6.45, 7) is 8.28. The van der Waals surface area contributed by atoms with Gasteiger partial charge in [0.15, 0.2) is 5.96 Å². The predicted molar refractivity (Wildman–Crippen MR) is 110 cm³/mol. The SMILES string of the molecule is CN=C(NCCCCC(C)C)NCC1(SC)CCOCC1.I. The number of unbranched alkanes of at least 4 members (excludes halogenated alkanes) is 1. The van der Waals surface area contributed by atoms with Gasteiger partial charge in [0.2, 0.25) is 0 Å². The number of nitrogens with zero attached hydrogens (tertiary/aromatic N) is 1. The molecule has 0 amide bonds. The second kappa shape index (κ2) is 12.7. The molecule has 1 saturated heterocycles. The van der Waals surface area contributed by atoms with Crippen molar-refractivity contribution >= 4 is 41.7 Å². The monoisotopic (exact) mass is 443 g/mol. The van der Waals surface area contributed by atoms with Gasteiger partial charge in [-0.25, -0.2) is 0 Å². The molecule has 1 rings (SSSR count). The molecule has 0 saturated carbocycles. The van der Waals surface area contributed by atoms with E-state index in [1.165, 1.54) is 19.3 Å². The maximum Gasteiger partial charge on any atom is 0.191 e. The van der Waals surface area contributed by atoms with Crippen molar-refractivity contribution in [1.29, 1.82) is 0 Å². The molecule has 1 heterocycles. The molecule has 1 aliphatic rings. The van der Waals surface area contributed by atoms with E-state index in [-0.39, 0.29) is 24.0 Å². The van der Waals surface area contributed by atoms with E-state index in [4.69, 9.17) is 4.74 Å². The molecule has 0 bridgehead atoms. The molecule has 1 aliphatic heterocycles. The van der Waals surface area contributed by atoms with Crippen LogP contribution >= 0.6 is 35.7 Å². The molecule has 132 valence electrons. The maximum absolute atomic E-state index is 5.48. The molecule has 0 unspecified atom stereocenters. The Morgan fingerprint density at radius 3 is 2.45 bits per heavy atom. The third-order valence-electron chi connectivity index (χ3n) is 4.14. The van der Waals surface area contributed by atoms with Crippen molar-refractivity contribution in [3.8, 4) is 0 Å². The van der Waals surface area contributed by atoms with E-state index in [1.54, 1.807) is 0 Å². The number of guanidine groups is 1. The van der Waals surface area contributed by atoms with E-state index < -0.39 is 0 Å². The number of rotatable bonds is 8. The van der Waals surface area contributed by atoms with Gasteiger partial charge >= 0.3 is 0 Å². The Balaban J connectivity index is 0.00000441. The van der Waals surface area contributed by atoms with Crippen LogP contribution in [0, 0.1) is 5.92 Å². The lowest BCUT2D eigenvalue weighted by Gasteiger charge is -2.36. The number of hydrogen-bond donors (Lipinski definition) is 2. The molecule has 6 heteroatoms. The smallest absolute Gasteiger partial charge is 0.191 e. The lowest BCUT2D eigenvalue weighted by Crippen LogP contribution is -2.48. The molecule has 2 N–H and O–H groups in total. The number of thioether (sulfide) groups is 1. The van der Waals surface area contributed by atoms with Crippen molar-refractivity contribution in [3.63, 3.8) is 0 Å². The second-order valence-electron chi connectivity index (χ2n) is 6.24. The normalized spacial score (nSPS) is 18.0. The van der Waals surface area contributed by atoms with Crippen molar-refractivity contribution in [2.24, 2.45) is 10.9 Å². The van der Waals surface area contributed by atoms with Crippen LogP contribution in [0.15, 0.2) is 4.99 Å². The van der Waals surface area contributed by atoms with E-state index in [0.29, 0.717) is 4.75 Å². The van der Waals surface area contributed by atoms with Crippen LogP contribution in [0.1, 0.15) is 46.0 Å². The molecule has 0 aromatic heterocycles. The zero-order valence-electron chi connectivity index (χ0n) is 14.6. The minimum atomic E-state index is 0. The fraction of sp³-hybridized carbons (Fsp3) is 0.938. The van der Waals surface area contributed by atoms with Crippen LogP contribution in [0.25, 0.3) is 0 Å². The summed E-state index contributed by atoms with van der Waals surface area (Å²) in [5, 5.41) is 6.92. The minimum absolute atomic E-state index is 0. The lowest BCUT2D eigenvalue weighted by molar-refractivity contribution is 0.0783. The summed E-state index contributed by atoms with van der Waals surface area (Å²) < 4.78 is 5.78. The summed E-state index contributed by atoms with van der Waals surface area (Å²) >= 11 is 1.96. The Kier molecular flexibility index (Phi) is 12.9. The highest BCUT2D eigenvalue weighted by Crippen LogP contribution is 2.32. The predicted octanol–water partition coefficient (Wildman–Crippen LogP) is 3.51. The number of ether oxygens (including phenoxy) is 1. The van der Waals surface area contributed by atoms with Gasteiger partial charge in [-0.15, -0.1) is 24.0 Å². The number of hydrogen-bond acceptors (Lipinski definition) is 3. The molecule has 0 spiro atoms. The summed E-state index contributed by atoms with van der Waals surface area (Å²) in [5.74, 6) is 1.73. The largest absolute Gasteiger partial charge is 0.381 e. The van der Waals surface area contributed by atoms with E-state index in [0.717, 1.165) is 51.0 Å². The zero-order chi connectivity index (χ0) is 15.6. The molecule has 0 radical (unpaired) electrons. The van der Waals surface area contributed by atoms with Gasteiger partial charge in [-0.05, 0) is 31.4 Å². The summed E-state index contributed by atoms with van der Waals surface area (Å²) in [5.41, 5.74) is 0. The topological polar surface area (TPSA) is 45.7 Å². The van der Waals surface area contributed by atoms with Gasteiger partial charge in [0.05, 0.1) is 0 Å². The Morgan fingerprint density at radius 2 is 1.91 bits per heavy atom. The average Bonchev–Trinajstić information content (AvgIpc) is 2.50. The fourth-order valence-electron chi connectivity index (χ4n) is 2.55. The molecule has 1 fully saturated rings. The van der Waals surface area contributed by atoms with Gasteiger partial charge in [0.25, 0.3) is 0 Å². The summed E-state index contributed by atoms with van der Waals surface area (Å²) in [6.07, 6.45) is 8.24. The van der Waals surface area contributed by atoms with Crippen molar-refractivity contribution in [2.75, 3.05) is 39.6 Å². The van der Waals surface area contributed by atoms with Crippen LogP contribution in [0.3, 0.4) is 0 Å². The Bertz CT molecular complexity index is 308. The van der Waals surface area contributed by atoms with Gasteiger partial charge in [-0.1, -0.05) is 26.7 Å². The highest BCUT2D eigenvalue weighted by atomic mass is 127. The van der Waals surface area contributed by atoms with Crippen LogP contribution in [0.2, 0.25) is 0 Å².